The second-order valence-corrected chi connectivity index (χ2v) is 20.0. The molecule has 0 amide bonds. The van der Waals surface area contributed by atoms with E-state index in [4.69, 9.17) is 0 Å². The van der Waals surface area contributed by atoms with Gasteiger partial charge in [-0.05, 0) is 103 Å². The maximum atomic E-state index is 2.41. The van der Waals surface area contributed by atoms with E-state index in [0.717, 1.165) is 5.69 Å². The van der Waals surface area contributed by atoms with Gasteiger partial charge in [-0.15, -0.1) is 22.7 Å². The molecule has 14 aromatic rings. The van der Waals surface area contributed by atoms with Gasteiger partial charge < -0.3 is 4.57 Å². The number of nitrogens with zero attached hydrogens (tertiary/aromatic N) is 1. The average Bonchev–Trinajstić information content (AvgIpc) is 4.11. The van der Waals surface area contributed by atoms with E-state index in [-0.39, 0.29) is 0 Å². The molecule has 3 aromatic heterocycles. The Hall–Kier alpha value is -8.34. The normalized spacial score (nSPS) is 11.8. The summed E-state index contributed by atoms with van der Waals surface area (Å²) in [5.41, 5.74) is 18.5. The minimum atomic E-state index is 1.16. The molecule has 0 N–H and O–H groups in total. The molecule has 3 heteroatoms. The molecule has 69 heavy (non-hydrogen) atoms. The number of aromatic nitrogens is 1. The lowest BCUT2D eigenvalue weighted by Crippen LogP contribution is -1.93. The molecule has 0 unspecified atom stereocenters. The van der Waals surface area contributed by atoms with Crippen LogP contribution in [-0.4, -0.2) is 4.57 Å². The van der Waals surface area contributed by atoms with Gasteiger partial charge in [0.05, 0.1) is 11.0 Å². The van der Waals surface area contributed by atoms with Gasteiger partial charge in [0.2, 0.25) is 0 Å². The molecule has 3 heterocycles. The Labute approximate surface area is 408 Å². The summed E-state index contributed by atoms with van der Waals surface area (Å²) >= 11 is 3.81. The SMILES string of the molecule is c1ccc(-c2cccc3c2sc2c(-c4ccc(-c5ccc6c(c5)c5cc(-c7ccc(-c8cccc9c8sc8c(-c%10ccccc%10)cccc89)cc7)ccc5n6-c5ccccc5)cc4)cccc23)cc1. The van der Waals surface area contributed by atoms with Crippen LogP contribution in [0.5, 0.6) is 0 Å². The van der Waals surface area contributed by atoms with Crippen molar-refractivity contribution in [3.05, 3.63) is 249 Å². The van der Waals surface area contributed by atoms with E-state index in [1.165, 1.54) is 129 Å². The van der Waals surface area contributed by atoms with Crippen LogP contribution >= 0.6 is 22.7 Å². The van der Waals surface area contributed by atoms with Crippen LogP contribution in [-0.2, 0) is 0 Å². The number of hydrogen-bond acceptors (Lipinski definition) is 2. The summed E-state index contributed by atoms with van der Waals surface area (Å²) < 4.78 is 7.74. The van der Waals surface area contributed by atoms with Gasteiger partial charge in [-0.25, -0.2) is 0 Å². The minimum absolute atomic E-state index is 1.16. The maximum absolute atomic E-state index is 2.41. The van der Waals surface area contributed by atoms with Gasteiger partial charge >= 0.3 is 0 Å². The fourth-order valence-electron chi connectivity index (χ4n) is 10.7. The Kier molecular flexibility index (Phi) is 9.33. The number of benzene rings is 11. The van der Waals surface area contributed by atoms with E-state index in [0.29, 0.717) is 0 Å². The molecule has 1 nitrogen and oxygen atoms in total. The standard InChI is InChI=1S/C66H41NS2/c1-4-14-44(15-5-1)51-20-10-24-55-57-26-12-22-53(65(57)68-63(51)55)46-32-28-42(29-33-46)48-36-38-61-59(40-48)60-41-49(37-39-62(60)67(61)50-18-8-3-9-19-50)43-30-34-47(35-31-43)54-23-13-27-58-56-25-11-21-52(64(56)69-66(54)58)45-16-6-2-7-17-45/h1-41H. The van der Waals surface area contributed by atoms with Crippen LogP contribution in [0.1, 0.15) is 0 Å². The van der Waals surface area contributed by atoms with Crippen molar-refractivity contribution < 1.29 is 0 Å². The summed E-state index contributed by atoms with van der Waals surface area (Å²) in [5.74, 6) is 0. The van der Waals surface area contributed by atoms with E-state index in [9.17, 15) is 0 Å². The fourth-order valence-corrected chi connectivity index (χ4v) is 13.5. The first-order valence-corrected chi connectivity index (χ1v) is 25.2. The van der Waals surface area contributed by atoms with E-state index >= 15 is 0 Å². The predicted molar refractivity (Wildman–Crippen MR) is 299 cm³/mol. The summed E-state index contributed by atoms with van der Waals surface area (Å²) in [5, 5.41) is 7.74. The van der Waals surface area contributed by atoms with Crippen LogP contribution < -0.4 is 0 Å². The first kappa shape index (κ1) is 39.8. The van der Waals surface area contributed by atoms with E-state index in [2.05, 4.69) is 253 Å². The number of hydrogen-bond donors (Lipinski definition) is 0. The topological polar surface area (TPSA) is 4.93 Å². The Morgan fingerprint density at radius 2 is 0.522 bits per heavy atom. The third-order valence-corrected chi connectivity index (χ3v) is 16.6. The lowest BCUT2D eigenvalue weighted by Gasteiger charge is -2.09. The largest absolute Gasteiger partial charge is 0.309 e. The second kappa shape index (κ2) is 16.2. The highest BCUT2D eigenvalue weighted by molar-refractivity contribution is 7.27. The third kappa shape index (κ3) is 6.58. The van der Waals surface area contributed by atoms with Crippen molar-refractivity contribution >= 4 is 84.8 Å². The van der Waals surface area contributed by atoms with Gasteiger partial charge in [-0.3, -0.25) is 0 Å². The first-order valence-electron chi connectivity index (χ1n) is 23.6. The molecule has 0 spiro atoms. The zero-order chi connectivity index (χ0) is 45.4. The van der Waals surface area contributed by atoms with E-state index in [1.807, 2.05) is 22.7 Å². The molecule has 0 aliphatic rings. The zero-order valence-electron chi connectivity index (χ0n) is 37.4. The summed E-state index contributed by atoms with van der Waals surface area (Å²) in [7, 11) is 0. The number of fused-ring (bicyclic) bond motifs is 9. The highest BCUT2D eigenvalue weighted by Crippen LogP contribution is 2.46. The Morgan fingerprint density at radius 3 is 0.884 bits per heavy atom. The number of thiophene rings is 2. The molecule has 0 bridgehead atoms. The lowest BCUT2D eigenvalue weighted by molar-refractivity contribution is 1.18. The van der Waals surface area contributed by atoms with Gasteiger partial charge in [0.25, 0.3) is 0 Å². The molecule has 0 saturated heterocycles. The van der Waals surface area contributed by atoms with Gasteiger partial charge in [0.1, 0.15) is 0 Å². The van der Waals surface area contributed by atoms with Crippen molar-refractivity contribution in [3.63, 3.8) is 0 Å². The smallest absolute Gasteiger partial charge is 0.0541 e. The van der Waals surface area contributed by atoms with Crippen molar-refractivity contribution in [1.29, 1.82) is 0 Å². The molecule has 14 rings (SSSR count). The van der Waals surface area contributed by atoms with Crippen molar-refractivity contribution in [3.8, 4) is 72.4 Å². The monoisotopic (exact) mass is 911 g/mol. The van der Waals surface area contributed by atoms with Crippen molar-refractivity contribution in [2.24, 2.45) is 0 Å². The zero-order valence-corrected chi connectivity index (χ0v) is 39.1. The van der Waals surface area contributed by atoms with Gasteiger partial charge in [-0.1, -0.05) is 212 Å². The molecular weight excluding hydrogens is 871 g/mol. The number of rotatable bonds is 7. The Balaban J connectivity index is 0.834. The van der Waals surface area contributed by atoms with E-state index < -0.39 is 0 Å². The van der Waals surface area contributed by atoms with Crippen LogP contribution in [0.15, 0.2) is 249 Å². The summed E-state index contributed by atoms with van der Waals surface area (Å²) in [4.78, 5) is 0. The van der Waals surface area contributed by atoms with Crippen LogP contribution in [0, 0.1) is 0 Å². The fraction of sp³-hybridized carbons (Fsp3) is 0. The molecule has 322 valence electrons. The average molecular weight is 912 g/mol. The molecule has 11 aromatic carbocycles. The van der Waals surface area contributed by atoms with Crippen LogP contribution in [0.25, 0.3) is 135 Å². The molecule has 0 aliphatic heterocycles. The maximum Gasteiger partial charge on any atom is 0.0541 e. The summed E-state index contributed by atoms with van der Waals surface area (Å²) in [6, 6.07) is 91.6. The predicted octanol–water partition coefficient (Wildman–Crippen LogP) is 19.5. The summed E-state index contributed by atoms with van der Waals surface area (Å²) in [6.07, 6.45) is 0. The molecular formula is C66H41NS2. The van der Waals surface area contributed by atoms with Crippen molar-refractivity contribution in [2.45, 2.75) is 0 Å². The Bertz CT molecular complexity index is 4000. The van der Waals surface area contributed by atoms with Crippen molar-refractivity contribution in [2.75, 3.05) is 0 Å². The third-order valence-electron chi connectivity index (χ3n) is 14.1. The molecule has 0 radical (unpaired) electrons. The van der Waals surface area contributed by atoms with Crippen LogP contribution in [0.3, 0.4) is 0 Å². The summed E-state index contributed by atoms with van der Waals surface area (Å²) in [6.45, 7) is 0. The number of para-hydroxylation sites is 1. The van der Waals surface area contributed by atoms with Crippen molar-refractivity contribution in [1.82, 2.24) is 4.57 Å². The van der Waals surface area contributed by atoms with Gasteiger partial charge in [-0.2, -0.15) is 0 Å². The highest BCUT2D eigenvalue weighted by Gasteiger charge is 2.18. The van der Waals surface area contributed by atoms with Crippen LogP contribution in [0.2, 0.25) is 0 Å². The minimum Gasteiger partial charge on any atom is -0.309 e. The molecule has 0 saturated carbocycles. The lowest BCUT2D eigenvalue weighted by atomic mass is 9.96. The highest BCUT2D eigenvalue weighted by atomic mass is 32.1. The molecule has 0 aliphatic carbocycles. The quantitative estimate of drug-likeness (QED) is 0.150. The van der Waals surface area contributed by atoms with Crippen LogP contribution in [0.4, 0.5) is 0 Å². The Morgan fingerprint density at radius 1 is 0.217 bits per heavy atom. The molecule has 0 atom stereocenters. The van der Waals surface area contributed by atoms with Gasteiger partial charge in [0, 0.05) is 56.8 Å². The van der Waals surface area contributed by atoms with Gasteiger partial charge in [0.15, 0.2) is 0 Å². The second-order valence-electron chi connectivity index (χ2n) is 18.0. The van der Waals surface area contributed by atoms with E-state index in [1.54, 1.807) is 0 Å². The molecule has 0 fully saturated rings. The first-order chi connectivity index (χ1) is 34.2.